The van der Waals surface area contributed by atoms with E-state index in [4.69, 9.17) is 25.2 Å². The molecule has 24 heteroatoms. The standard InChI is InChI=1S/C13H5F5O3.C13H9NO5.C12H9NO2S.C11H9NO5/c14-7-8(15)10(17)12(11(18)9(7)16)21-13(20)5-1-3-6(19)4-2-5;15-11-5-1-9(2-6-11)13(16)19-12-7-3-10(4-8-12)14(17)18;14-10-6-4-9(5-7-10)12(15)16-11-3-1-2-8-13-11;13-8-3-1-7(2-4-8)11(16)17-12-9(14)5-6-10(12)15/h1-4,19H;1-8,15H;1-8,14H;1-4,13H,5-6H2. The molecule has 0 aliphatic carbocycles. The zero-order valence-corrected chi connectivity index (χ0v) is 37.5. The third-order valence-electron chi connectivity index (χ3n) is 9.05. The summed E-state index contributed by atoms with van der Waals surface area (Å²) in [6.07, 6.45) is 1.76. The second-order valence-corrected chi connectivity index (χ2v) is 15.1. The van der Waals surface area contributed by atoms with Gasteiger partial charge in [0.1, 0.15) is 33.8 Å². The molecular formula is C49H32F5N3O15S. The van der Waals surface area contributed by atoms with Crippen molar-refractivity contribution >= 4 is 52.3 Å². The number of carbonyl (C=O) groups is 6. The topological polar surface area (TPSA) is 270 Å². The second kappa shape index (κ2) is 25.2. The second-order valence-electron chi connectivity index (χ2n) is 14.1. The first-order valence-electron chi connectivity index (χ1n) is 20.3. The van der Waals surface area contributed by atoms with Crippen LogP contribution in [0.5, 0.6) is 34.5 Å². The number of hydroxylamine groups is 2. The number of hydrogen-bond donors (Lipinski definition) is 4. The van der Waals surface area contributed by atoms with Gasteiger partial charge in [0.15, 0.2) is 0 Å². The number of aromatic hydroxyl groups is 4. The zero-order valence-electron chi connectivity index (χ0n) is 36.7. The summed E-state index contributed by atoms with van der Waals surface area (Å²) in [5.41, 5.74) is 0.640. The fourth-order valence-corrected chi connectivity index (χ4v) is 6.08. The van der Waals surface area contributed by atoms with Crippen LogP contribution < -0.4 is 9.47 Å². The molecule has 0 unspecified atom stereocenters. The summed E-state index contributed by atoms with van der Waals surface area (Å²) in [6, 6.07) is 31.9. The van der Waals surface area contributed by atoms with Gasteiger partial charge in [0, 0.05) is 36.7 Å². The van der Waals surface area contributed by atoms with Crippen molar-refractivity contribution in [2.45, 2.75) is 17.9 Å². The minimum Gasteiger partial charge on any atom is -0.508 e. The van der Waals surface area contributed by atoms with Crippen LogP contribution in [-0.4, -0.2) is 70.2 Å². The van der Waals surface area contributed by atoms with Gasteiger partial charge in [0.05, 0.1) is 21.6 Å². The number of nitro benzene ring substituents is 1. The molecule has 18 nitrogen and oxygen atoms in total. The average molecular weight is 1030 g/mol. The lowest BCUT2D eigenvalue weighted by molar-refractivity contribution is -0.384. The van der Waals surface area contributed by atoms with E-state index < -0.39 is 69.5 Å². The summed E-state index contributed by atoms with van der Waals surface area (Å²) in [6.45, 7) is 0. The highest BCUT2D eigenvalue weighted by Gasteiger charge is 2.33. The number of halogens is 5. The quantitative estimate of drug-likeness (QED) is 0.0121. The van der Waals surface area contributed by atoms with E-state index in [1.807, 2.05) is 6.07 Å². The molecule has 6 aromatic carbocycles. The largest absolute Gasteiger partial charge is 0.508 e. The van der Waals surface area contributed by atoms with Crippen LogP contribution in [0.1, 0.15) is 54.3 Å². The molecule has 73 heavy (non-hydrogen) atoms. The van der Waals surface area contributed by atoms with Crippen LogP contribution >= 0.6 is 11.8 Å². The number of ether oxygens (including phenoxy) is 2. The molecule has 7 aromatic rings. The summed E-state index contributed by atoms with van der Waals surface area (Å²) in [7, 11) is 0. The molecule has 4 N–H and O–H groups in total. The molecule has 0 bridgehead atoms. The molecule has 8 rings (SSSR count). The van der Waals surface area contributed by atoms with Gasteiger partial charge in [0.2, 0.25) is 40.0 Å². The Kier molecular flexibility index (Phi) is 18.7. The van der Waals surface area contributed by atoms with E-state index >= 15 is 0 Å². The van der Waals surface area contributed by atoms with Crippen LogP contribution in [0.4, 0.5) is 27.6 Å². The first-order valence-corrected chi connectivity index (χ1v) is 21.1. The van der Waals surface area contributed by atoms with Gasteiger partial charge in [-0.1, -0.05) is 6.07 Å². The minimum absolute atomic E-state index is 0.00914. The predicted octanol–water partition coefficient (Wildman–Crippen LogP) is 9.16. The fraction of sp³-hybridized carbons (Fsp3) is 0.0408. The smallest absolute Gasteiger partial charge is 0.363 e. The van der Waals surface area contributed by atoms with Crippen LogP contribution in [0.15, 0.2) is 151 Å². The van der Waals surface area contributed by atoms with Gasteiger partial charge in [-0.2, -0.15) is 8.78 Å². The van der Waals surface area contributed by atoms with Crippen LogP contribution in [0.25, 0.3) is 0 Å². The number of non-ortho nitro benzene ring substituents is 1. The van der Waals surface area contributed by atoms with E-state index in [2.05, 4.69) is 14.6 Å². The molecule has 0 radical (unpaired) electrons. The number of nitrogens with zero attached hydrogens (tertiary/aromatic N) is 3. The molecule has 1 saturated heterocycles. The van der Waals surface area contributed by atoms with E-state index in [1.165, 1.54) is 84.9 Å². The van der Waals surface area contributed by atoms with Crippen molar-refractivity contribution in [3.05, 3.63) is 207 Å². The highest BCUT2D eigenvalue weighted by molar-refractivity contribution is 8.14. The number of benzene rings is 6. The van der Waals surface area contributed by atoms with Crippen LogP contribution in [-0.2, 0) is 14.4 Å². The highest BCUT2D eigenvalue weighted by Crippen LogP contribution is 2.30. The number of nitro groups is 1. The summed E-state index contributed by atoms with van der Waals surface area (Å²) >= 11 is 1.07. The van der Waals surface area contributed by atoms with Crippen molar-refractivity contribution in [2.24, 2.45) is 0 Å². The zero-order chi connectivity index (χ0) is 53.4. The van der Waals surface area contributed by atoms with Crippen molar-refractivity contribution in [2.75, 3.05) is 0 Å². The maximum absolute atomic E-state index is 13.3. The lowest BCUT2D eigenvalue weighted by Crippen LogP contribution is -2.32. The molecule has 2 heterocycles. The predicted molar refractivity (Wildman–Crippen MR) is 243 cm³/mol. The first-order chi connectivity index (χ1) is 34.7. The molecule has 2 amide bonds. The molecular weight excluding hydrogens is 998 g/mol. The number of imide groups is 1. The Morgan fingerprint density at radius 2 is 0.932 bits per heavy atom. The minimum atomic E-state index is -2.35. The Morgan fingerprint density at radius 3 is 1.34 bits per heavy atom. The van der Waals surface area contributed by atoms with Gasteiger partial charge in [0.25, 0.3) is 17.5 Å². The van der Waals surface area contributed by atoms with E-state index in [-0.39, 0.29) is 69.1 Å². The number of phenolic OH excluding ortho intramolecular Hbond substituents is 4. The van der Waals surface area contributed by atoms with Crippen molar-refractivity contribution in [3.63, 3.8) is 0 Å². The number of hydrogen-bond acceptors (Lipinski definition) is 17. The van der Waals surface area contributed by atoms with Gasteiger partial charge < -0.3 is 34.7 Å². The molecule has 0 spiro atoms. The van der Waals surface area contributed by atoms with Gasteiger partial charge in [-0.15, -0.1) is 5.06 Å². The number of amides is 2. The monoisotopic (exact) mass is 1030 g/mol. The third kappa shape index (κ3) is 15.4. The number of thioether (sulfide) groups is 1. The van der Waals surface area contributed by atoms with E-state index in [0.717, 1.165) is 36.0 Å². The Balaban J connectivity index is 0.000000181. The van der Waals surface area contributed by atoms with Crippen molar-refractivity contribution in [3.8, 4) is 34.5 Å². The maximum Gasteiger partial charge on any atom is 0.363 e. The molecule has 1 aliphatic rings. The number of aromatic nitrogens is 1. The summed E-state index contributed by atoms with van der Waals surface area (Å²) in [4.78, 5) is 87.6. The van der Waals surface area contributed by atoms with Crippen LogP contribution in [0.3, 0.4) is 0 Å². The third-order valence-corrected chi connectivity index (χ3v) is 9.92. The molecule has 1 aromatic heterocycles. The molecule has 0 atom stereocenters. The number of phenols is 4. The Bertz CT molecular complexity index is 3090. The highest BCUT2D eigenvalue weighted by atomic mass is 32.2. The molecule has 1 aliphatic heterocycles. The molecule has 374 valence electrons. The number of pyridine rings is 1. The van der Waals surface area contributed by atoms with E-state index in [9.17, 15) is 60.8 Å². The molecule has 1 fully saturated rings. The van der Waals surface area contributed by atoms with E-state index in [0.29, 0.717) is 15.7 Å². The Labute approximate surface area is 411 Å². The average Bonchev–Trinajstić information content (AvgIpc) is 3.70. The Morgan fingerprint density at radius 1 is 0.534 bits per heavy atom. The van der Waals surface area contributed by atoms with Crippen molar-refractivity contribution in [1.29, 1.82) is 0 Å². The number of esters is 2. The number of carbonyl (C=O) groups excluding carboxylic acids is 6. The summed E-state index contributed by atoms with van der Waals surface area (Å²) < 4.78 is 74.5. The van der Waals surface area contributed by atoms with Gasteiger partial charge >= 0.3 is 17.9 Å². The maximum atomic E-state index is 13.3. The number of rotatable bonds is 9. The SMILES string of the molecule is O=C(ON1C(=O)CCC1=O)c1ccc(O)cc1.O=C(Oc1c(F)c(F)c(F)c(F)c1F)c1ccc(O)cc1.O=C(Oc1ccc([N+](=O)[O-])cc1)c1ccc(O)cc1.O=C(Sc1ccccn1)c1ccc(O)cc1. The Hall–Kier alpha value is -9.71. The van der Waals surface area contributed by atoms with Gasteiger partial charge in [-0.05, 0) is 133 Å². The van der Waals surface area contributed by atoms with Crippen LogP contribution in [0.2, 0.25) is 0 Å². The van der Waals surface area contributed by atoms with Gasteiger partial charge in [-0.25, -0.2) is 32.5 Å². The van der Waals surface area contributed by atoms with E-state index in [1.54, 1.807) is 30.5 Å². The first kappa shape index (κ1) is 54.2. The van der Waals surface area contributed by atoms with Gasteiger partial charge in [-0.3, -0.25) is 24.5 Å². The molecule has 0 saturated carbocycles. The normalized spacial score (nSPS) is 11.3. The summed E-state index contributed by atoms with van der Waals surface area (Å²) in [5.74, 6) is -16.6. The fourth-order valence-electron chi connectivity index (χ4n) is 5.37. The lowest BCUT2D eigenvalue weighted by atomic mass is 10.2. The summed E-state index contributed by atoms with van der Waals surface area (Å²) in [5, 5.41) is 47.8. The van der Waals surface area contributed by atoms with Crippen molar-refractivity contribution in [1.82, 2.24) is 10.0 Å². The van der Waals surface area contributed by atoms with Crippen molar-refractivity contribution < 1.29 is 90.4 Å². The van der Waals surface area contributed by atoms with Crippen LogP contribution in [0, 0.1) is 39.2 Å². The lowest BCUT2D eigenvalue weighted by Gasteiger charge is -2.12.